The van der Waals surface area contributed by atoms with Crippen molar-refractivity contribution in [2.24, 2.45) is 5.92 Å². The summed E-state index contributed by atoms with van der Waals surface area (Å²) in [6.45, 7) is 0.0909. The fourth-order valence-corrected chi connectivity index (χ4v) is 3.87. The normalized spacial score (nSPS) is 22.4. The van der Waals surface area contributed by atoms with Crippen LogP contribution in [0.2, 0.25) is 20.9 Å². The highest BCUT2D eigenvalue weighted by Crippen LogP contribution is 2.78. The van der Waals surface area contributed by atoms with E-state index in [0.29, 0.717) is 11.3 Å². The van der Waals surface area contributed by atoms with Crippen LogP contribution >= 0.6 is 0 Å². The summed E-state index contributed by atoms with van der Waals surface area (Å²) in [6, 6.07) is 1.88. The van der Waals surface area contributed by atoms with E-state index in [1.807, 2.05) is 6.07 Å². The lowest BCUT2D eigenvalue weighted by atomic mass is 9.17. The molecule has 1 N–H and O–H groups in total. The average molecular weight is 346 g/mol. The van der Waals surface area contributed by atoms with E-state index in [-0.39, 0.29) is 6.54 Å². The Morgan fingerprint density at radius 3 is 2.25 bits per heavy atom. The summed E-state index contributed by atoms with van der Waals surface area (Å²) in [5.41, 5.74) is 2.18. The highest BCUT2D eigenvalue weighted by molar-refractivity contribution is 6.68. The van der Waals surface area contributed by atoms with Gasteiger partial charge in [-0.2, -0.15) is 5.10 Å². The van der Waals surface area contributed by atoms with Gasteiger partial charge in [0, 0.05) is 29.9 Å². The zero-order valence-corrected chi connectivity index (χ0v) is 15.1. The van der Waals surface area contributed by atoms with Crippen molar-refractivity contribution in [2.75, 3.05) is 0 Å². The molecule has 118 valence electrons. The minimum absolute atomic E-state index is 0.0909. The van der Waals surface area contributed by atoms with E-state index < -0.39 is 26.8 Å². The third-order valence-electron chi connectivity index (χ3n) is 5.90. The lowest BCUT2D eigenvalue weighted by Gasteiger charge is -2.51. The number of fused-ring (bicyclic) bond motifs is 1. The van der Waals surface area contributed by atoms with Gasteiger partial charge in [-0.1, -0.05) is 0 Å². The molecule has 4 rings (SSSR count). The molecule has 0 saturated heterocycles. The van der Waals surface area contributed by atoms with E-state index >= 15 is 0 Å². The monoisotopic (exact) mass is 347 g/mol. The van der Waals surface area contributed by atoms with Crippen molar-refractivity contribution >= 4 is 73.8 Å². The lowest BCUT2D eigenvalue weighted by Crippen LogP contribution is -2.39. The van der Waals surface area contributed by atoms with E-state index in [4.69, 9.17) is 62.8 Å². The molecule has 1 aliphatic rings. The number of aromatic amines is 1. The number of hydrogen-bond acceptors (Lipinski definition) is 3. The smallest absolute Gasteiger partial charge is 0.141 e. The van der Waals surface area contributed by atoms with Gasteiger partial charge in [0.1, 0.15) is 12.0 Å². The van der Waals surface area contributed by atoms with Crippen LogP contribution in [-0.4, -0.2) is 87.5 Å². The van der Waals surface area contributed by atoms with E-state index in [9.17, 15) is 0 Å². The van der Waals surface area contributed by atoms with Crippen molar-refractivity contribution in [2.45, 2.75) is 27.4 Å². The molecule has 0 aromatic carbocycles. The molecule has 0 unspecified atom stereocenters. The summed E-state index contributed by atoms with van der Waals surface area (Å²) in [7, 11) is 49.1. The number of rotatable bonds is 3. The molecule has 5 nitrogen and oxygen atoms in total. The molecule has 0 aliphatic heterocycles. The molecule has 0 amide bonds. The molecule has 0 spiro atoms. The standard InChI is InChI=1S/C15H9B8N5/c16-12(17)9(13(18,19)15(22,23)14(12,20)21)5-28-4-7(3-27-28)10-8-1-2-24-11(8)26-6-25-10/h1-4,6,9H,5H2,(H,24,25,26). The van der Waals surface area contributed by atoms with Gasteiger partial charge in [0.25, 0.3) is 0 Å². The molecule has 28 heavy (non-hydrogen) atoms. The van der Waals surface area contributed by atoms with Gasteiger partial charge in [0.05, 0.1) is 74.7 Å². The summed E-state index contributed by atoms with van der Waals surface area (Å²) in [6.07, 6.45) is 6.64. The van der Waals surface area contributed by atoms with Gasteiger partial charge in [-0.05, 0) is 12.0 Å². The number of nitrogens with zero attached hydrogens (tertiary/aromatic N) is 4. The Kier molecular flexibility index (Phi) is 4.16. The van der Waals surface area contributed by atoms with Crippen LogP contribution in [0.25, 0.3) is 22.3 Å². The molecule has 1 fully saturated rings. The van der Waals surface area contributed by atoms with Crippen molar-refractivity contribution in [3.05, 3.63) is 31.0 Å². The molecular weight excluding hydrogens is 337 g/mol. The third kappa shape index (κ3) is 2.40. The van der Waals surface area contributed by atoms with Crippen LogP contribution in [0.5, 0.6) is 0 Å². The molecule has 3 heterocycles. The average Bonchev–Trinajstić information content (AvgIpc) is 3.28. The van der Waals surface area contributed by atoms with E-state index in [1.165, 1.54) is 6.33 Å². The van der Waals surface area contributed by atoms with E-state index in [0.717, 1.165) is 10.9 Å². The van der Waals surface area contributed by atoms with Crippen LogP contribution in [0.4, 0.5) is 0 Å². The van der Waals surface area contributed by atoms with Crippen LogP contribution in [0.1, 0.15) is 0 Å². The Bertz CT molecular complexity index is 1010. The first-order valence-corrected chi connectivity index (χ1v) is 8.53. The molecule has 1 aliphatic carbocycles. The van der Waals surface area contributed by atoms with Crippen LogP contribution in [-0.2, 0) is 6.54 Å². The molecular formula is C15H9B8N5. The Hall–Kier alpha value is -1.65. The second-order valence-electron chi connectivity index (χ2n) is 7.57. The number of aromatic nitrogens is 5. The third-order valence-corrected chi connectivity index (χ3v) is 5.90. The highest BCUT2D eigenvalue weighted by atomic mass is 15.3. The summed E-state index contributed by atoms with van der Waals surface area (Å²) in [4.78, 5) is 11.5. The predicted octanol–water partition coefficient (Wildman–Crippen LogP) is -0.736. The SMILES string of the molecule is [B]C1([B])C(Cn2cc(-c3ncnc4[nH]ccc34)cn2)C([B])([B])C([B])([B])C1([B])[B]. The fraction of sp³-hybridized carbons (Fsp3) is 0.400. The van der Waals surface area contributed by atoms with Gasteiger partial charge < -0.3 is 4.98 Å². The minimum atomic E-state index is -1.92. The number of hydrogen-bond donors (Lipinski definition) is 1. The van der Waals surface area contributed by atoms with Crippen molar-refractivity contribution in [1.82, 2.24) is 24.7 Å². The summed E-state index contributed by atoms with van der Waals surface area (Å²) >= 11 is 0. The number of nitrogens with one attached hydrogen (secondary N) is 1. The van der Waals surface area contributed by atoms with Gasteiger partial charge >= 0.3 is 0 Å². The van der Waals surface area contributed by atoms with Gasteiger partial charge in [-0.25, -0.2) is 9.97 Å². The maximum atomic E-state index is 6.22. The highest BCUT2D eigenvalue weighted by Gasteiger charge is 2.63. The molecule has 3 aromatic heterocycles. The Balaban J connectivity index is 1.70. The molecule has 0 atom stereocenters. The fourth-order valence-electron chi connectivity index (χ4n) is 3.87. The Morgan fingerprint density at radius 1 is 0.964 bits per heavy atom. The summed E-state index contributed by atoms with van der Waals surface area (Å²) in [5.74, 6) is -0.879. The van der Waals surface area contributed by atoms with E-state index in [1.54, 1.807) is 23.3 Å². The molecule has 1 saturated carbocycles. The van der Waals surface area contributed by atoms with Crippen molar-refractivity contribution in [1.29, 1.82) is 0 Å². The lowest BCUT2D eigenvalue weighted by molar-refractivity contribution is 0.384. The summed E-state index contributed by atoms with van der Waals surface area (Å²) in [5, 5.41) is -2.17. The number of H-pyrrole nitrogens is 1. The molecule has 0 bridgehead atoms. The first-order chi connectivity index (χ1) is 12.9. The largest absolute Gasteiger partial charge is 0.346 e. The van der Waals surface area contributed by atoms with Gasteiger partial charge in [0.15, 0.2) is 0 Å². The molecule has 13 heteroatoms. The maximum Gasteiger partial charge on any atom is 0.141 e. The van der Waals surface area contributed by atoms with Crippen LogP contribution in [0.15, 0.2) is 31.0 Å². The first-order valence-electron chi connectivity index (χ1n) is 8.53. The van der Waals surface area contributed by atoms with Gasteiger partial charge in [-0.15, -0.1) is 20.9 Å². The zero-order valence-electron chi connectivity index (χ0n) is 15.1. The quantitative estimate of drug-likeness (QED) is 0.636. The maximum absolute atomic E-state index is 6.22. The predicted molar refractivity (Wildman–Crippen MR) is 115 cm³/mol. The molecule has 3 aromatic rings. The Labute approximate surface area is 174 Å². The summed E-state index contributed by atoms with van der Waals surface area (Å²) < 4.78 is 1.57. The van der Waals surface area contributed by atoms with Gasteiger partial charge in [-0.3, -0.25) is 4.68 Å². The second kappa shape index (κ2) is 5.93. The van der Waals surface area contributed by atoms with Crippen molar-refractivity contribution in [3.8, 4) is 11.3 Å². The van der Waals surface area contributed by atoms with Gasteiger partial charge in [0.2, 0.25) is 0 Å². The van der Waals surface area contributed by atoms with E-state index in [2.05, 4.69) is 20.1 Å². The zero-order chi connectivity index (χ0) is 20.5. The van der Waals surface area contributed by atoms with Crippen LogP contribution in [0.3, 0.4) is 0 Å². The van der Waals surface area contributed by atoms with Crippen molar-refractivity contribution in [3.63, 3.8) is 0 Å². The van der Waals surface area contributed by atoms with Crippen LogP contribution < -0.4 is 0 Å². The second-order valence-corrected chi connectivity index (χ2v) is 7.57. The first kappa shape index (κ1) is 19.7. The van der Waals surface area contributed by atoms with Crippen LogP contribution in [0, 0.1) is 5.92 Å². The molecule has 16 radical (unpaired) electrons. The van der Waals surface area contributed by atoms with Crippen molar-refractivity contribution < 1.29 is 0 Å². The minimum Gasteiger partial charge on any atom is -0.346 e. The Morgan fingerprint density at radius 2 is 1.61 bits per heavy atom. The topological polar surface area (TPSA) is 59.4 Å².